The molecule has 1 aromatic carbocycles. The third kappa shape index (κ3) is 7.19. The second-order valence-electron chi connectivity index (χ2n) is 15.6. The quantitative estimate of drug-likeness (QED) is 0.187. The summed E-state index contributed by atoms with van der Waals surface area (Å²) >= 11 is 0. The number of hydrogen-bond acceptors (Lipinski definition) is 5. The van der Waals surface area contributed by atoms with Crippen molar-refractivity contribution in [3.63, 3.8) is 0 Å². The van der Waals surface area contributed by atoms with Crippen molar-refractivity contribution < 1.29 is 19.4 Å². The first-order valence-corrected chi connectivity index (χ1v) is 17.6. The summed E-state index contributed by atoms with van der Waals surface area (Å²) in [5.74, 6) is 4.95. The van der Waals surface area contributed by atoms with Crippen LogP contribution in [-0.2, 0) is 16.0 Å². The fraction of sp³-hybridized carbons (Fsp3) is 0.763. The van der Waals surface area contributed by atoms with E-state index >= 15 is 0 Å². The van der Waals surface area contributed by atoms with Crippen molar-refractivity contribution in [1.82, 2.24) is 5.32 Å². The lowest BCUT2D eigenvalue weighted by Crippen LogP contribution is -2.51. The van der Waals surface area contributed by atoms with Gasteiger partial charge in [-0.15, -0.1) is 0 Å². The molecule has 240 valence electrons. The standard InChI is InChI=1S/C38H59NO4/c1-26(2)10-9-11-27(3)33-16-17-34-32-15-14-29-22-30(18-20-37(29,4)35(32)19-21-38(33,34)5)42-36(41)43-31(25-40)24-39-23-28-12-7-6-8-13-28/h6-8,12-14,26-27,30-35,39-40H,9-11,15-25H2,1-5H3. The Labute approximate surface area is 261 Å². The molecule has 3 saturated carbocycles. The number of carbonyl (C=O) groups excluding carboxylic acids is 1. The van der Waals surface area contributed by atoms with E-state index in [2.05, 4.69) is 46.0 Å². The first-order valence-electron chi connectivity index (χ1n) is 17.6. The highest BCUT2D eigenvalue weighted by atomic mass is 16.7. The maximum atomic E-state index is 12.7. The number of rotatable bonds is 12. The number of benzene rings is 1. The van der Waals surface area contributed by atoms with E-state index in [0.717, 1.165) is 60.3 Å². The molecule has 43 heavy (non-hydrogen) atoms. The van der Waals surface area contributed by atoms with E-state index in [4.69, 9.17) is 9.47 Å². The van der Waals surface area contributed by atoms with E-state index in [9.17, 15) is 9.90 Å². The van der Waals surface area contributed by atoms with Gasteiger partial charge < -0.3 is 19.9 Å². The van der Waals surface area contributed by atoms with Crippen molar-refractivity contribution in [1.29, 1.82) is 0 Å². The molecule has 4 aliphatic carbocycles. The highest BCUT2D eigenvalue weighted by Gasteiger charge is 2.59. The molecule has 0 amide bonds. The summed E-state index contributed by atoms with van der Waals surface area (Å²) in [6.45, 7) is 13.3. The molecular formula is C38H59NO4. The van der Waals surface area contributed by atoms with E-state index in [-0.39, 0.29) is 18.1 Å². The molecule has 3 fully saturated rings. The minimum Gasteiger partial charge on any atom is -0.431 e. The van der Waals surface area contributed by atoms with Crippen molar-refractivity contribution in [3.8, 4) is 0 Å². The zero-order valence-corrected chi connectivity index (χ0v) is 27.7. The molecule has 0 heterocycles. The van der Waals surface area contributed by atoms with Gasteiger partial charge in [-0.2, -0.15) is 0 Å². The Balaban J connectivity index is 1.14. The first kappa shape index (κ1) is 32.5. The Kier molecular flexibility index (Phi) is 10.6. The fourth-order valence-corrected chi connectivity index (χ4v) is 10.2. The molecule has 0 saturated heterocycles. The third-order valence-corrected chi connectivity index (χ3v) is 12.5. The second kappa shape index (κ2) is 14.1. The van der Waals surface area contributed by atoms with Crippen molar-refractivity contribution in [3.05, 3.63) is 47.5 Å². The predicted octanol–water partition coefficient (Wildman–Crippen LogP) is 8.70. The molecular weight excluding hydrogens is 534 g/mol. The highest BCUT2D eigenvalue weighted by molar-refractivity contribution is 5.60. The number of carbonyl (C=O) groups is 1. The number of hydrogen-bond donors (Lipinski definition) is 2. The summed E-state index contributed by atoms with van der Waals surface area (Å²) in [5, 5.41) is 13.1. The van der Waals surface area contributed by atoms with Crippen LogP contribution in [0.2, 0.25) is 0 Å². The van der Waals surface area contributed by atoms with E-state index in [1.807, 2.05) is 30.3 Å². The van der Waals surface area contributed by atoms with Gasteiger partial charge in [-0.05, 0) is 96.8 Å². The van der Waals surface area contributed by atoms with Crippen molar-refractivity contribution in [2.24, 2.45) is 46.3 Å². The van der Waals surface area contributed by atoms with Crippen molar-refractivity contribution in [2.45, 2.75) is 124 Å². The number of ether oxygens (including phenoxy) is 2. The van der Waals surface area contributed by atoms with Gasteiger partial charge in [-0.3, -0.25) is 0 Å². The van der Waals surface area contributed by atoms with Gasteiger partial charge in [0, 0.05) is 19.5 Å². The average molecular weight is 594 g/mol. The smallest absolute Gasteiger partial charge is 0.431 e. The summed E-state index contributed by atoms with van der Waals surface area (Å²) in [6, 6.07) is 10.1. The molecule has 4 aliphatic rings. The van der Waals surface area contributed by atoms with E-state index in [1.165, 1.54) is 56.9 Å². The largest absolute Gasteiger partial charge is 0.508 e. The first-order chi connectivity index (χ1) is 20.6. The second-order valence-corrected chi connectivity index (χ2v) is 15.6. The van der Waals surface area contributed by atoms with Crippen LogP contribution in [0.25, 0.3) is 0 Å². The SMILES string of the molecule is CC(C)CCCC(C)C1CCC2C3CC=C4CC(OC(=O)OC(CO)CNCc5ccccc5)CCC4(C)C3CCC12C. The molecule has 5 heteroatoms. The maximum Gasteiger partial charge on any atom is 0.508 e. The third-order valence-electron chi connectivity index (χ3n) is 12.5. The highest BCUT2D eigenvalue weighted by Crippen LogP contribution is 2.67. The Bertz CT molecular complexity index is 1090. The average Bonchev–Trinajstić information content (AvgIpc) is 3.34. The van der Waals surface area contributed by atoms with Gasteiger partial charge in [0.05, 0.1) is 6.61 Å². The van der Waals surface area contributed by atoms with Gasteiger partial charge >= 0.3 is 6.16 Å². The summed E-state index contributed by atoms with van der Waals surface area (Å²) in [4.78, 5) is 12.7. The Morgan fingerprint density at radius 2 is 1.81 bits per heavy atom. The summed E-state index contributed by atoms with van der Waals surface area (Å²) < 4.78 is 11.4. The van der Waals surface area contributed by atoms with Gasteiger partial charge in [0.2, 0.25) is 0 Å². The fourth-order valence-electron chi connectivity index (χ4n) is 10.2. The van der Waals surface area contributed by atoms with Crippen LogP contribution < -0.4 is 5.32 Å². The lowest BCUT2D eigenvalue weighted by molar-refractivity contribution is -0.0652. The molecule has 0 aliphatic heterocycles. The molecule has 5 nitrogen and oxygen atoms in total. The van der Waals surface area contributed by atoms with Crippen LogP contribution >= 0.6 is 0 Å². The minimum absolute atomic E-state index is 0.142. The molecule has 0 aromatic heterocycles. The van der Waals surface area contributed by atoms with Crippen LogP contribution in [0.5, 0.6) is 0 Å². The van der Waals surface area contributed by atoms with Crippen LogP contribution in [0.3, 0.4) is 0 Å². The van der Waals surface area contributed by atoms with Crippen molar-refractivity contribution >= 4 is 6.16 Å². The molecule has 0 spiro atoms. The zero-order chi connectivity index (χ0) is 30.6. The predicted molar refractivity (Wildman–Crippen MR) is 173 cm³/mol. The summed E-state index contributed by atoms with van der Waals surface area (Å²) in [5.41, 5.74) is 3.39. The molecule has 0 radical (unpaired) electrons. The molecule has 5 rings (SSSR count). The van der Waals surface area contributed by atoms with Gasteiger partial charge in [0.15, 0.2) is 0 Å². The topological polar surface area (TPSA) is 67.8 Å². The number of aliphatic hydroxyl groups excluding tert-OH is 1. The van der Waals surface area contributed by atoms with Crippen LogP contribution in [0.1, 0.15) is 111 Å². The lowest BCUT2D eigenvalue weighted by atomic mass is 9.47. The molecule has 1 aromatic rings. The number of nitrogens with one attached hydrogen (secondary N) is 1. The van der Waals surface area contributed by atoms with Gasteiger partial charge in [0.25, 0.3) is 0 Å². The Morgan fingerprint density at radius 3 is 2.56 bits per heavy atom. The summed E-state index contributed by atoms with van der Waals surface area (Å²) in [7, 11) is 0. The number of aliphatic hydroxyl groups is 1. The van der Waals surface area contributed by atoms with E-state index in [0.29, 0.717) is 18.5 Å². The zero-order valence-electron chi connectivity index (χ0n) is 27.7. The van der Waals surface area contributed by atoms with E-state index < -0.39 is 12.3 Å². The Morgan fingerprint density at radius 1 is 1.02 bits per heavy atom. The Hall–Kier alpha value is -1.85. The maximum absolute atomic E-state index is 12.7. The molecule has 2 N–H and O–H groups in total. The summed E-state index contributed by atoms with van der Waals surface area (Å²) in [6.07, 6.45) is 14.8. The molecule has 9 unspecified atom stereocenters. The molecule has 0 bridgehead atoms. The van der Waals surface area contributed by atoms with Crippen LogP contribution in [0, 0.1) is 46.3 Å². The van der Waals surface area contributed by atoms with E-state index in [1.54, 1.807) is 0 Å². The normalized spacial score (nSPS) is 34.9. The van der Waals surface area contributed by atoms with Crippen molar-refractivity contribution in [2.75, 3.05) is 13.2 Å². The minimum atomic E-state index is -0.656. The van der Waals surface area contributed by atoms with Gasteiger partial charge in [-0.25, -0.2) is 4.79 Å². The molecule has 9 atom stereocenters. The van der Waals surface area contributed by atoms with Crippen LogP contribution in [-0.4, -0.2) is 36.6 Å². The van der Waals surface area contributed by atoms with Gasteiger partial charge in [0.1, 0.15) is 12.2 Å². The van der Waals surface area contributed by atoms with Gasteiger partial charge in [-0.1, -0.05) is 95.9 Å². The monoisotopic (exact) mass is 593 g/mol. The van der Waals surface area contributed by atoms with Crippen LogP contribution in [0.4, 0.5) is 4.79 Å². The lowest BCUT2D eigenvalue weighted by Gasteiger charge is -2.58. The number of fused-ring (bicyclic) bond motifs is 5. The number of allylic oxidation sites excluding steroid dienone is 1. The van der Waals surface area contributed by atoms with Crippen LogP contribution in [0.15, 0.2) is 42.0 Å².